The van der Waals surface area contributed by atoms with Crippen molar-refractivity contribution in [1.29, 1.82) is 0 Å². The Bertz CT molecular complexity index is 1070. The lowest BCUT2D eigenvalue weighted by Crippen LogP contribution is -3.00. The van der Waals surface area contributed by atoms with Crippen molar-refractivity contribution >= 4 is 11.2 Å². The number of rotatable bonds is 7. The van der Waals surface area contributed by atoms with E-state index in [2.05, 4.69) is 17.2 Å². The fraction of sp³-hybridized carbons (Fsp3) is 0.450. The number of halogens is 1. The number of hydrogen-bond donors (Lipinski definition) is 2. The number of imidazole rings is 1. The number of nitrogens with zero attached hydrogens (tertiary/aromatic N) is 4. The monoisotopic (exact) mass is 421 g/mol. The van der Waals surface area contributed by atoms with E-state index in [0.717, 1.165) is 16.7 Å². The Morgan fingerprint density at radius 1 is 1.10 bits per heavy atom. The molecule has 0 saturated heterocycles. The molecule has 3 rings (SSSR count). The van der Waals surface area contributed by atoms with E-state index in [-0.39, 0.29) is 35.6 Å². The van der Waals surface area contributed by atoms with Crippen molar-refractivity contribution in [3.8, 4) is 0 Å². The van der Waals surface area contributed by atoms with Gasteiger partial charge in [-0.1, -0.05) is 37.3 Å². The van der Waals surface area contributed by atoms with Gasteiger partial charge in [0.25, 0.3) is 5.56 Å². The molecular weight excluding hydrogens is 394 g/mol. The highest BCUT2D eigenvalue weighted by atomic mass is 35.5. The number of aromatic nitrogens is 4. The molecule has 3 unspecified atom stereocenters. The summed E-state index contributed by atoms with van der Waals surface area (Å²) in [5.41, 5.74) is 1.03. The van der Waals surface area contributed by atoms with Crippen LogP contribution in [0.5, 0.6) is 0 Å². The van der Waals surface area contributed by atoms with Crippen molar-refractivity contribution in [3.63, 3.8) is 0 Å². The minimum atomic E-state index is -0.538. The lowest BCUT2D eigenvalue weighted by Gasteiger charge is -2.20. The van der Waals surface area contributed by atoms with Gasteiger partial charge in [0, 0.05) is 26.6 Å². The van der Waals surface area contributed by atoms with Gasteiger partial charge >= 0.3 is 5.69 Å². The lowest BCUT2D eigenvalue weighted by atomic mass is 10.0. The second-order valence-corrected chi connectivity index (χ2v) is 7.57. The van der Waals surface area contributed by atoms with Gasteiger partial charge in [-0.25, -0.2) is 9.78 Å². The Morgan fingerprint density at radius 3 is 2.41 bits per heavy atom. The van der Waals surface area contributed by atoms with Gasteiger partial charge in [0.1, 0.15) is 12.1 Å². The number of nitrogens with two attached hydrogens (primary N) is 1. The number of aliphatic hydroxyl groups is 1. The molecule has 0 bridgehead atoms. The fourth-order valence-electron chi connectivity index (χ4n) is 3.48. The third-order valence-corrected chi connectivity index (χ3v) is 5.27. The minimum absolute atomic E-state index is 0. The first-order valence-corrected chi connectivity index (χ1v) is 9.48. The molecule has 2 heterocycles. The van der Waals surface area contributed by atoms with Crippen molar-refractivity contribution in [1.82, 2.24) is 18.7 Å². The van der Waals surface area contributed by atoms with Gasteiger partial charge in [-0.2, -0.15) is 0 Å². The van der Waals surface area contributed by atoms with Crippen LogP contribution < -0.4 is 29.0 Å². The second-order valence-electron chi connectivity index (χ2n) is 7.57. The molecule has 0 aliphatic rings. The first-order chi connectivity index (χ1) is 13.3. The Morgan fingerprint density at radius 2 is 1.76 bits per heavy atom. The van der Waals surface area contributed by atoms with E-state index < -0.39 is 6.10 Å². The molecule has 0 aliphatic heterocycles. The standard InChI is InChI=1S/C20H27N5O3.ClH/c1-13(10-21-14(2)17(26)15-8-6-5-7-9-15)11-25-12-22-18-16(25)19(27)24(4)20(28)23(18)3;/h5-9,12-14,17,21,26H,10-11H2,1-4H3;1H. The zero-order chi connectivity index (χ0) is 20.4. The van der Waals surface area contributed by atoms with E-state index >= 15 is 0 Å². The summed E-state index contributed by atoms with van der Waals surface area (Å²) in [6.07, 6.45) is 1.08. The third kappa shape index (κ3) is 4.60. The zero-order valence-electron chi connectivity index (χ0n) is 17.1. The molecule has 3 N–H and O–H groups in total. The molecule has 158 valence electrons. The summed E-state index contributed by atoms with van der Waals surface area (Å²) < 4.78 is 4.31. The van der Waals surface area contributed by atoms with Crippen LogP contribution in [0.4, 0.5) is 0 Å². The molecule has 0 saturated carbocycles. The van der Waals surface area contributed by atoms with Crippen LogP contribution in [0, 0.1) is 5.92 Å². The van der Waals surface area contributed by atoms with Gasteiger partial charge in [-0.05, 0) is 12.5 Å². The molecule has 8 nitrogen and oxygen atoms in total. The number of hydrogen-bond acceptors (Lipinski definition) is 4. The first-order valence-electron chi connectivity index (χ1n) is 9.48. The van der Waals surface area contributed by atoms with Crippen LogP contribution in [0.25, 0.3) is 11.2 Å². The summed E-state index contributed by atoms with van der Waals surface area (Å²) in [4.78, 5) is 28.8. The number of fused-ring (bicyclic) bond motifs is 1. The van der Waals surface area contributed by atoms with E-state index in [9.17, 15) is 14.7 Å². The molecule has 9 heteroatoms. The van der Waals surface area contributed by atoms with Gasteiger partial charge in [0.2, 0.25) is 0 Å². The topological polar surface area (TPSA) is 98.7 Å². The van der Waals surface area contributed by atoms with Crippen molar-refractivity contribution < 1.29 is 22.8 Å². The van der Waals surface area contributed by atoms with E-state index in [1.807, 2.05) is 41.8 Å². The molecular formula is C20H28ClN5O3. The maximum Gasteiger partial charge on any atom is 0.332 e. The molecule has 1 aromatic carbocycles. The van der Waals surface area contributed by atoms with Crippen LogP contribution in [-0.4, -0.2) is 36.4 Å². The minimum Gasteiger partial charge on any atom is -1.00 e. The van der Waals surface area contributed by atoms with Gasteiger partial charge < -0.3 is 27.4 Å². The molecule has 0 spiro atoms. The van der Waals surface area contributed by atoms with Gasteiger partial charge in [0.15, 0.2) is 11.2 Å². The highest BCUT2D eigenvalue weighted by molar-refractivity contribution is 5.69. The first kappa shape index (κ1) is 22.9. The molecule has 0 aliphatic carbocycles. The van der Waals surface area contributed by atoms with Crippen molar-refractivity contribution in [2.75, 3.05) is 6.54 Å². The molecule has 0 fully saturated rings. The summed E-state index contributed by atoms with van der Waals surface area (Å²) in [5, 5.41) is 12.6. The molecule has 3 atom stereocenters. The number of aryl methyl sites for hydroxylation is 1. The Balaban J connectivity index is 0.00000300. The van der Waals surface area contributed by atoms with Crippen LogP contribution in [-0.2, 0) is 20.6 Å². The van der Waals surface area contributed by atoms with E-state index in [4.69, 9.17) is 0 Å². The number of aliphatic hydroxyl groups excluding tert-OH is 1. The Kier molecular flexibility index (Phi) is 7.40. The molecule has 0 amide bonds. The summed E-state index contributed by atoms with van der Waals surface area (Å²) in [5.74, 6) is 0.241. The second kappa shape index (κ2) is 9.39. The van der Waals surface area contributed by atoms with Crippen LogP contribution in [0.1, 0.15) is 25.5 Å². The molecule has 0 radical (unpaired) electrons. The Hall–Kier alpha value is -2.42. The van der Waals surface area contributed by atoms with Crippen molar-refractivity contribution in [2.24, 2.45) is 20.0 Å². The smallest absolute Gasteiger partial charge is 0.332 e. The molecule has 3 aromatic rings. The van der Waals surface area contributed by atoms with Gasteiger partial charge in [-0.15, -0.1) is 0 Å². The van der Waals surface area contributed by atoms with Crippen LogP contribution in [0.3, 0.4) is 0 Å². The summed E-state index contributed by atoms with van der Waals surface area (Å²) in [7, 11) is 3.09. The van der Waals surface area contributed by atoms with E-state index in [0.29, 0.717) is 17.7 Å². The van der Waals surface area contributed by atoms with Crippen molar-refractivity contribution in [2.45, 2.75) is 32.5 Å². The highest BCUT2D eigenvalue weighted by Crippen LogP contribution is 2.14. The maximum absolute atomic E-state index is 12.5. The van der Waals surface area contributed by atoms with Crippen LogP contribution >= 0.6 is 0 Å². The highest BCUT2D eigenvalue weighted by Gasteiger charge is 2.21. The van der Waals surface area contributed by atoms with Crippen LogP contribution in [0.2, 0.25) is 0 Å². The predicted molar refractivity (Wildman–Crippen MR) is 107 cm³/mol. The normalized spacial score (nSPS) is 14.4. The summed E-state index contributed by atoms with van der Waals surface area (Å²) >= 11 is 0. The van der Waals surface area contributed by atoms with Gasteiger partial charge in [0.05, 0.1) is 12.9 Å². The Labute approximate surface area is 175 Å². The number of quaternary nitrogens is 1. The van der Waals surface area contributed by atoms with Crippen LogP contribution in [0.15, 0.2) is 46.2 Å². The van der Waals surface area contributed by atoms with Crippen molar-refractivity contribution in [3.05, 3.63) is 63.1 Å². The van der Waals surface area contributed by atoms with Gasteiger partial charge in [-0.3, -0.25) is 13.9 Å². The fourth-order valence-corrected chi connectivity index (χ4v) is 3.48. The number of benzene rings is 1. The molecule has 2 aromatic heterocycles. The van der Waals surface area contributed by atoms with E-state index in [1.165, 1.54) is 11.6 Å². The average Bonchev–Trinajstić information content (AvgIpc) is 3.12. The quantitative estimate of drug-likeness (QED) is 0.419. The predicted octanol–water partition coefficient (Wildman–Crippen LogP) is -3.24. The third-order valence-electron chi connectivity index (χ3n) is 5.27. The SMILES string of the molecule is CC(C[NH2+]C(C)C(O)c1ccccc1)Cn1cnc2c1c(=O)n(C)c(=O)n2C.[Cl-]. The lowest BCUT2D eigenvalue weighted by molar-refractivity contribution is -0.699. The maximum atomic E-state index is 12.5. The zero-order valence-corrected chi connectivity index (χ0v) is 17.9. The summed E-state index contributed by atoms with van der Waals surface area (Å²) in [6, 6.07) is 9.64. The molecule has 29 heavy (non-hydrogen) atoms. The van der Waals surface area contributed by atoms with E-state index in [1.54, 1.807) is 13.4 Å². The summed E-state index contributed by atoms with van der Waals surface area (Å²) in [6.45, 7) is 5.49. The largest absolute Gasteiger partial charge is 1.00 e. The average molecular weight is 422 g/mol.